The molecule has 1 aliphatic heterocycles. The molecule has 0 amide bonds. The highest BCUT2D eigenvalue weighted by molar-refractivity contribution is 7.98. The number of thioether (sulfide) groups is 1. The Balaban J connectivity index is 2.13. The van der Waals surface area contributed by atoms with Crippen molar-refractivity contribution in [2.75, 3.05) is 0 Å². The summed E-state index contributed by atoms with van der Waals surface area (Å²) in [6.45, 7) is 1.93. The molecule has 0 radical (unpaired) electrons. The van der Waals surface area contributed by atoms with Crippen molar-refractivity contribution in [3.8, 4) is 11.4 Å². The lowest BCUT2D eigenvalue weighted by atomic mass is 10.2. The first kappa shape index (κ1) is 10.5. The molecule has 0 spiro atoms. The van der Waals surface area contributed by atoms with Crippen molar-refractivity contribution < 1.29 is 0 Å². The van der Waals surface area contributed by atoms with Gasteiger partial charge in [0.15, 0.2) is 0 Å². The molecule has 1 N–H and O–H groups in total. The molecule has 0 aliphatic carbocycles. The summed E-state index contributed by atoms with van der Waals surface area (Å²) in [5, 5.41) is 0. The number of nitrogens with one attached hydrogen (secondary N) is 1. The van der Waals surface area contributed by atoms with Crippen LogP contribution in [0.25, 0.3) is 11.4 Å². The van der Waals surface area contributed by atoms with E-state index in [2.05, 4.69) is 15.0 Å². The van der Waals surface area contributed by atoms with Crippen LogP contribution in [0.2, 0.25) is 0 Å². The van der Waals surface area contributed by atoms with Gasteiger partial charge < -0.3 is 4.98 Å². The van der Waals surface area contributed by atoms with Gasteiger partial charge in [0.1, 0.15) is 5.82 Å². The van der Waals surface area contributed by atoms with Crippen molar-refractivity contribution in [1.82, 2.24) is 15.0 Å². The Morgan fingerprint density at radius 3 is 3.00 bits per heavy atom. The fourth-order valence-corrected chi connectivity index (χ4v) is 2.84. The SMILES string of the molecule is Cc1ccc(-c2nc3c(c(=O)[nH]2)CSC3)cn1. The van der Waals surface area contributed by atoms with Crippen molar-refractivity contribution >= 4 is 11.8 Å². The van der Waals surface area contributed by atoms with Gasteiger partial charge in [-0.05, 0) is 19.1 Å². The largest absolute Gasteiger partial charge is 0.306 e. The third-order valence-electron chi connectivity index (χ3n) is 2.77. The van der Waals surface area contributed by atoms with Crippen LogP contribution < -0.4 is 5.56 Å². The van der Waals surface area contributed by atoms with Gasteiger partial charge in [0.05, 0.1) is 5.69 Å². The van der Waals surface area contributed by atoms with Crippen LogP contribution in [-0.4, -0.2) is 15.0 Å². The van der Waals surface area contributed by atoms with Crippen molar-refractivity contribution in [3.63, 3.8) is 0 Å². The average molecular weight is 245 g/mol. The third kappa shape index (κ3) is 1.86. The van der Waals surface area contributed by atoms with Crippen LogP contribution in [0.3, 0.4) is 0 Å². The molecule has 1 aliphatic rings. The van der Waals surface area contributed by atoms with E-state index in [9.17, 15) is 4.79 Å². The van der Waals surface area contributed by atoms with Crippen LogP contribution >= 0.6 is 11.8 Å². The van der Waals surface area contributed by atoms with Crippen LogP contribution in [0.4, 0.5) is 0 Å². The molecule has 86 valence electrons. The Morgan fingerprint density at radius 1 is 1.35 bits per heavy atom. The number of rotatable bonds is 1. The van der Waals surface area contributed by atoms with Crippen molar-refractivity contribution in [2.45, 2.75) is 18.4 Å². The standard InChI is InChI=1S/C12H11N3OS/c1-7-2-3-8(4-13-7)11-14-10-6-17-5-9(10)12(16)15-11/h2-4H,5-6H2,1H3,(H,14,15,16). The summed E-state index contributed by atoms with van der Waals surface area (Å²) in [7, 11) is 0. The van der Waals surface area contributed by atoms with E-state index in [0.29, 0.717) is 5.82 Å². The molecule has 3 rings (SSSR count). The number of aromatic amines is 1. The summed E-state index contributed by atoms with van der Waals surface area (Å²) in [6.07, 6.45) is 1.74. The minimum absolute atomic E-state index is 0.0180. The fourth-order valence-electron chi connectivity index (χ4n) is 1.81. The Hall–Kier alpha value is -1.62. The van der Waals surface area contributed by atoms with Crippen LogP contribution in [0, 0.1) is 6.92 Å². The predicted octanol–water partition coefficient (Wildman–Crippen LogP) is 1.89. The number of hydrogen-bond acceptors (Lipinski definition) is 4. The van der Waals surface area contributed by atoms with Gasteiger partial charge in [-0.25, -0.2) is 4.98 Å². The number of H-pyrrole nitrogens is 1. The Bertz CT molecular complexity index is 619. The number of pyridine rings is 1. The molecule has 0 saturated heterocycles. The smallest absolute Gasteiger partial charge is 0.255 e. The zero-order valence-electron chi connectivity index (χ0n) is 9.36. The summed E-state index contributed by atoms with van der Waals surface area (Å²) in [5.74, 6) is 2.21. The molecule has 0 unspecified atom stereocenters. The van der Waals surface area contributed by atoms with Gasteiger partial charge in [-0.3, -0.25) is 9.78 Å². The Morgan fingerprint density at radius 2 is 2.24 bits per heavy atom. The van der Waals surface area contributed by atoms with Crippen molar-refractivity contribution in [1.29, 1.82) is 0 Å². The van der Waals surface area contributed by atoms with E-state index in [4.69, 9.17) is 0 Å². The number of aryl methyl sites for hydroxylation is 1. The first-order valence-electron chi connectivity index (χ1n) is 5.37. The second-order valence-corrected chi connectivity index (χ2v) is 5.01. The minimum Gasteiger partial charge on any atom is -0.306 e. The molecule has 17 heavy (non-hydrogen) atoms. The molecule has 2 aromatic rings. The summed E-state index contributed by atoms with van der Waals surface area (Å²) in [4.78, 5) is 23.4. The number of hydrogen-bond donors (Lipinski definition) is 1. The molecule has 2 aromatic heterocycles. The minimum atomic E-state index is -0.0180. The zero-order valence-corrected chi connectivity index (χ0v) is 10.2. The van der Waals surface area contributed by atoms with Crippen molar-refractivity contribution in [2.24, 2.45) is 0 Å². The van der Waals surface area contributed by atoms with Gasteiger partial charge in [-0.1, -0.05) is 0 Å². The lowest BCUT2D eigenvalue weighted by molar-refractivity contribution is 1.03. The maximum absolute atomic E-state index is 11.8. The normalized spacial score (nSPS) is 13.7. The van der Waals surface area contributed by atoms with E-state index in [0.717, 1.165) is 34.0 Å². The van der Waals surface area contributed by atoms with E-state index in [1.54, 1.807) is 18.0 Å². The highest BCUT2D eigenvalue weighted by Gasteiger charge is 2.17. The second-order valence-electron chi connectivity index (χ2n) is 4.02. The van der Waals surface area contributed by atoms with E-state index < -0.39 is 0 Å². The van der Waals surface area contributed by atoms with Gasteiger partial charge in [0.25, 0.3) is 5.56 Å². The molecule has 5 heteroatoms. The van der Waals surface area contributed by atoms with E-state index in [1.165, 1.54) is 0 Å². The zero-order chi connectivity index (χ0) is 11.8. The molecule has 0 saturated carbocycles. The lowest BCUT2D eigenvalue weighted by Crippen LogP contribution is -2.15. The van der Waals surface area contributed by atoms with Crippen molar-refractivity contribution in [3.05, 3.63) is 45.6 Å². The Labute approximate surface area is 103 Å². The van der Waals surface area contributed by atoms with E-state index in [1.807, 2.05) is 19.1 Å². The molecule has 0 aromatic carbocycles. The van der Waals surface area contributed by atoms with Gasteiger partial charge in [0.2, 0.25) is 0 Å². The molecule has 4 nitrogen and oxygen atoms in total. The number of aromatic nitrogens is 3. The summed E-state index contributed by atoms with van der Waals surface area (Å²) in [5.41, 5.74) is 3.52. The van der Waals surface area contributed by atoms with Gasteiger partial charge in [-0.2, -0.15) is 11.8 Å². The fraction of sp³-hybridized carbons (Fsp3) is 0.250. The number of fused-ring (bicyclic) bond motifs is 1. The van der Waals surface area contributed by atoms with Crippen LogP contribution in [0.1, 0.15) is 17.0 Å². The monoisotopic (exact) mass is 245 g/mol. The summed E-state index contributed by atoms with van der Waals surface area (Å²) in [6, 6.07) is 3.84. The first-order valence-corrected chi connectivity index (χ1v) is 6.52. The first-order chi connectivity index (χ1) is 8.24. The van der Waals surface area contributed by atoms with E-state index >= 15 is 0 Å². The predicted molar refractivity (Wildman–Crippen MR) is 67.8 cm³/mol. The Kier molecular flexibility index (Phi) is 2.48. The second kappa shape index (κ2) is 4.00. The molecule has 0 atom stereocenters. The maximum Gasteiger partial charge on any atom is 0.255 e. The quantitative estimate of drug-likeness (QED) is 0.833. The average Bonchev–Trinajstić information content (AvgIpc) is 2.78. The van der Waals surface area contributed by atoms with Crippen LogP contribution in [-0.2, 0) is 11.5 Å². The van der Waals surface area contributed by atoms with Crippen LogP contribution in [0.5, 0.6) is 0 Å². The number of nitrogens with zero attached hydrogens (tertiary/aromatic N) is 2. The van der Waals surface area contributed by atoms with Gasteiger partial charge in [-0.15, -0.1) is 0 Å². The lowest BCUT2D eigenvalue weighted by Gasteiger charge is -2.03. The van der Waals surface area contributed by atoms with E-state index in [-0.39, 0.29) is 5.56 Å². The summed E-state index contributed by atoms with van der Waals surface area (Å²) >= 11 is 1.73. The molecular weight excluding hydrogens is 234 g/mol. The molecular formula is C12H11N3OS. The van der Waals surface area contributed by atoms with Gasteiger partial charge in [0, 0.05) is 34.5 Å². The third-order valence-corrected chi connectivity index (χ3v) is 3.74. The topological polar surface area (TPSA) is 58.6 Å². The van der Waals surface area contributed by atoms with Crippen LogP contribution in [0.15, 0.2) is 23.1 Å². The highest BCUT2D eigenvalue weighted by atomic mass is 32.2. The molecule has 0 fully saturated rings. The van der Waals surface area contributed by atoms with Gasteiger partial charge >= 0.3 is 0 Å². The molecule has 3 heterocycles. The summed E-state index contributed by atoms with van der Waals surface area (Å²) < 4.78 is 0. The highest BCUT2D eigenvalue weighted by Crippen LogP contribution is 2.26. The maximum atomic E-state index is 11.8. The molecule has 0 bridgehead atoms.